The maximum Gasteiger partial charge on any atom is 0.326 e. The molecule has 0 aliphatic heterocycles. The molecule has 0 heterocycles. The molecule has 0 atom stereocenters. The van der Waals surface area contributed by atoms with Gasteiger partial charge in [0.2, 0.25) is 0 Å². The summed E-state index contributed by atoms with van der Waals surface area (Å²) in [5.74, 6) is 0. The minimum absolute atomic E-state index is 0.233. The van der Waals surface area contributed by atoms with E-state index in [0.717, 1.165) is 0 Å². The molecule has 0 saturated carbocycles. The molecular formula is C11H12F2N2. The molecule has 1 aromatic carbocycles. The molecule has 0 amide bonds. The number of nitrogens with zero attached hydrogens (tertiary/aromatic N) is 1. The first-order valence-corrected chi connectivity index (χ1v) is 4.39. The van der Waals surface area contributed by atoms with Crippen LogP contribution in [0.2, 0.25) is 0 Å². The van der Waals surface area contributed by atoms with Gasteiger partial charge in [0.05, 0.1) is 5.70 Å². The number of hydrogen-bond acceptors (Lipinski definition) is 2. The van der Waals surface area contributed by atoms with Crippen molar-refractivity contribution < 1.29 is 8.78 Å². The third-order valence-corrected chi connectivity index (χ3v) is 1.99. The van der Waals surface area contributed by atoms with Crippen LogP contribution in [0.4, 0.5) is 8.78 Å². The van der Waals surface area contributed by atoms with Crippen molar-refractivity contribution in [2.75, 3.05) is 0 Å². The molecule has 0 unspecified atom stereocenters. The molecule has 4 heteroatoms. The quantitative estimate of drug-likeness (QED) is 0.604. The van der Waals surface area contributed by atoms with Crippen molar-refractivity contribution in [2.45, 2.75) is 13.0 Å². The van der Waals surface area contributed by atoms with Gasteiger partial charge in [-0.05, 0) is 19.7 Å². The Balaban J connectivity index is 3.19. The van der Waals surface area contributed by atoms with Gasteiger partial charge in [-0.1, -0.05) is 24.3 Å². The van der Waals surface area contributed by atoms with Crippen molar-refractivity contribution in [2.24, 2.45) is 10.7 Å². The highest BCUT2D eigenvalue weighted by Gasteiger charge is 2.25. The number of hydrogen-bond donors (Lipinski definition) is 1. The minimum atomic E-state index is -3.32. The van der Waals surface area contributed by atoms with E-state index >= 15 is 0 Å². The zero-order valence-electron chi connectivity index (χ0n) is 8.37. The topological polar surface area (TPSA) is 38.4 Å². The summed E-state index contributed by atoms with van der Waals surface area (Å²) in [6, 6.07) is 2.46. The number of rotatable bonds is 3. The van der Waals surface area contributed by atoms with E-state index < -0.39 is 6.05 Å². The molecule has 0 aromatic heterocycles. The number of halogens is 2. The molecule has 0 spiro atoms. The average Bonchev–Trinajstić information content (AvgIpc) is 2.19. The molecule has 0 radical (unpaired) electrons. The summed E-state index contributed by atoms with van der Waals surface area (Å²) < 4.78 is 25.6. The second-order valence-corrected chi connectivity index (χ2v) is 3.04. The van der Waals surface area contributed by atoms with Crippen molar-refractivity contribution in [3.8, 4) is 0 Å². The monoisotopic (exact) mass is 210 g/mol. The van der Waals surface area contributed by atoms with Gasteiger partial charge < -0.3 is 0 Å². The van der Waals surface area contributed by atoms with Gasteiger partial charge in [0.25, 0.3) is 0 Å². The predicted octanol–water partition coefficient (Wildman–Crippen LogP) is 2.76. The van der Waals surface area contributed by atoms with Crippen LogP contribution in [0.3, 0.4) is 0 Å². The first-order valence-electron chi connectivity index (χ1n) is 4.39. The molecule has 0 aliphatic rings. The Morgan fingerprint density at radius 2 is 2.20 bits per heavy atom. The molecule has 15 heavy (non-hydrogen) atoms. The van der Waals surface area contributed by atoms with E-state index in [2.05, 4.69) is 11.7 Å². The number of aliphatic imine (C=N–C) groups is 1. The zero-order chi connectivity index (χ0) is 11.5. The van der Waals surface area contributed by atoms with Crippen LogP contribution in [0.25, 0.3) is 5.70 Å². The molecule has 2 N–H and O–H groups in total. The van der Waals surface area contributed by atoms with E-state index in [0.29, 0.717) is 11.3 Å². The number of allylic oxidation sites excluding steroid dienone is 1. The molecular weight excluding hydrogens is 198 g/mol. The Morgan fingerprint density at radius 1 is 1.53 bits per heavy atom. The van der Waals surface area contributed by atoms with Crippen LogP contribution < -0.4 is 5.73 Å². The summed E-state index contributed by atoms with van der Waals surface area (Å²) in [7, 11) is 0. The van der Waals surface area contributed by atoms with E-state index in [1.165, 1.54) is 18.2 Å². The van der Waals surface area contributed by atoms with Crippen LogP contribution in [-0.2, 0) is 6.05 Å². The molecule has 80 valence electrons. The van der Waals surface area contributed by atoms with Crippen molar-refractivity contribution in [1.82, 2.24) is 0 Å². The van der Waals surface area contributed by atoms with Gasteiger partial charge in [-0.15, -0.1) is 0 Å². The third-order valence-electron chi connectivity index (χ3n) is 1.99. The normalized spacial score (nSPS) is 12.7. The van der Waals surface area contributed by atoms with Crippen LogP contribution in [0.1, 0.15) is 18.1 Å². The highest BCUT2D eigenvalue weighted by molar-refractivity contribution is 5.68. The smallest absolute Gasteiger partial charge is 0.268 e. The van der Waals surface area contributed by atoms with Gasteiger partial charge in [0.1, 0.15) is 0 Å². The maximum absolute atomic E-state index is 12.8. The highest BCUT2D eigenvalue weighted by atomic mass is 19.3. The summed E-state index contributed by atoms with van der Waals surface area (Å²) in [5, 5.41) is 0. The Hall–Kier alpha value is -1.55. The Morgan fingerprint density at radius 3 is 2.67 bits per heavy atom. The van der Waals surface area contributed by atoms with Crippen molar-refractivity contribution in [1.29, 1.82) is 0 Å². The lowest BCUT2D eigenvalue weighted by atomic mass is 10.1. The summed E-state index contributed by atoms with van der Waals surface area (Å²) in [5.41, 5.74) is 5.61. The van der Waals surface area contributed by atoms with Gasteiger partial charge in [-0.2, -0.15) is 8.78 Å². The molecule has 0 saturated heterocycles. The lowest BCUT2D eigenvalue weighted by Crippen LogP contribution is -2.25. The lowest BCUT2D eigenvalue weighted by Gasteiger charge is -2.11. The lowest BCUT2D eigenvalue weighted by molar-refractivity contribution is 0.00296. The molecule has 1 aromatic rings. The zero-order valence-corrected chi connectivity index (χ0v) is 8.37. The first kappa shape index (κ1) is 11.5. The Labute approximate surface area is 87.1 Å². The summed E-state index contributed by atoms with van der Waals surface area (Å²) in [6.07, 6.45) is 1.70. The van der Waals surface area contributed by atoms with Crippen LogP contribution in [-0.4, -0.2) is 6.72 Å². The average molecular weight is 210 g/mol. The molecule has 0 aliphatic carbocycles. The fourth-order valence-corrected chi connectivity index (χ4v) is 1.24. The van der Waals surface area contributed by atoms with E-state index in [1.807, 2.05) is 0 Å². The van der Waals surface area contributed by atoms with Crippen molar-refractivity contribution >= 4 is 12.4 Å². The first-order chi connectivity index (χ1) is 6.99. The summed E-state index contributed by atoms with van der Waals surface area (Å²) in [6.45, 7) is 5.12. The SMILES string of the molecule is C=N/C(=C\C)c1cccc(C(N)(F)F)c1. The molecule has 0 fully saturated rings. The number of nitrogens with two attached hydrogens (primary N) is 1. The predicted molar refractivity (Wildman–Crippen MR) is 57.7 cm³/mol. The van der Waals surface area contributed by atoms with Gasteiger partial charge in [-0.25, -0.2) is 0 Å². The Bertz CT molecular complexity index is 392. The van der Waals surface area contributed by atoms with Crippen molar-refractivity contribution in [3.63, 3.8) is 0 Å². The minimum Gasteiger partial charge on any atom is -0.268 e. The second kappa shape index (κ2) is 4.31. The standard InChI is InChI=1S/C11H12F2N2/c1-3-10(15-2)8-5-4-6-9(7-8)11(12,13)14/h3-7H,2,14H2,1H3/b10-3-. The largest absolute Gasteiger partial charge is 0.326 e. The summed E-state index contributed by atoms with van der Waals surface area (Å²) in [4.78, 5) is 3.73. The van der Waals surface area contributed by atoms with E-state index in [-0.39, 0.29) is 5.56 Å². The van der Waals surface area contributed by atoms with Crippen LogP contribution in [0.5, 0.6) is 0 Å². The fourth-order valence-electron chi connectivity index (χ4n) is 1.24. The van der Waals surface area contributed by atoms with Crippen LogP contribution in [0, 0.1) is 0 Å². The third kappa shape index (κ3) is 2.70. The number of benzene rings is 1. The van der Waals surface area contributed by atoms with E-state index in [4.69, 9.17) is 5.73 Å². The highest BCUT2D eigenvalue weighted by Crippen LogP contribution is 2.25. The molecule has 1 rings (SSSR count). The van der Waals surface area contributed by atoms with E-state index in [9.17, 15) is 8.78 Å². The number of alkyl halides is 2. The molecule has 2 nitrogen and oxygen atoms in total. The van der Waals surface area contributed by atoms with Gasteiger partial charge >= 0.3 is 6.05 Å². The summed E-state index contributed by atoms with van der Waals surface area (Å²) >= 11 is 0. The van der Waals surface area contributed by atoms with E-state index in [1.54, 1.807) is 19.1 Å². The maximum atomic E-state index is 12.8. The molecule has 0 bridgehead atoms. The van der Waals surface area contributed by atoms with Crippen LogP contribution in [0.15, 0.2) is 35.3 Å². The fraction of sp³-hybridized carbons (Fsp3) is 0.182. The van der Waals surface area contributed by atoms with Gasteiger partial charge in [-0.3, -0.25) is 10.7 Å². The van der Waals surface area contributed by atoms with Gasteiger partial charge in [0.15, 0.2) is 0 Å². The Kier molecular flexibility index (Phi) is 3.31. The second-order valence-electron chi connectivity index (χ2n) is 3.04. The van der Waals surface area contributed by atoms with Gasteiger partial charge in [0, 0.05) is 11.1 Å². The van der Waals surface area contributed by atoms with Crippen LogP contribution >= 0.6 is 0 Å². The van der Waals surface area contributed by atoms with Crippen molar-refractivity contribution in [3.05, 3.63) is 41.5 Å².